The maximum Gasteiger partial charge on any atom is 0.259 e. The fourth-order valence-electron chi connectivity index (χ4n) is 4.48. The Morgan fingerprint density at radius 2 is 1.97 bits per heavy atom. The number of anilines is 2. The number of methoxy groups -OCH3 is 1. The van der Waals surface area contributed by atoms with Gasteiger partial charge < -0.3 is 24.2 Å². The molecule has 2 aliphatic heterocycles. The predicted molar refractivity (Wildman–Crippen MR) is 132 cm³/mol. The lowest BCUT2D eigenvalue weighted by atomic mass is 10.0. The van der Waals surface area contributed by atoms with Crippen LogP contribution in [-0.4, -0.2) is 76.9 Å². The average molecular weight is 492 g/mol. The van der Waals surface area contributed by atoms with Gasteiger partial charge in [-0.05, 0) is 32.0 Å². The number of aliphatic hydroxyl groups excluding tert-OH is 1. The summed E-state index contributed by atoms with van der Waals surface area (Å²) in [5.41, 5.74) is 2.12. The molecule has 34 heavy (non-hydrogen) atoms. The van der Waals surface area contributed by atoms with Gasteiger partial charge >= 0.3 is 0 Å². The van der Waals surface area contributed by atoms with Gasteiger partial charge in [0.2, 0.25) is 0 Å². The monoisotopic (exact) mass is 491 g/mol. The van der Waals surface area contributed by atoms with Crippen molar-refractivity contribution in [1.82, 2.24) is 4.90 Å². The van der Waals surface area contributed by atoms with Crippen molar-refractivity contribution in [2.45, 2.75) is 32.0 Å². The number of hydrogen-bond donors (Lipinski definition) is 3. The average Bonchev–Trinajstić information content (AvgIpc) is 3.11. The molecular formula is C24H33N3O6S. The van der Waals surface area contributed by atoms with Crippen molar-refractivity contribution in [1.29, 1.82) is 0 Å². The van der Waals surface area contributed by atoms with Gasteiger partial charge in [0.25, 0.3) is 11.3 Å². The van der Waals surface area contributed by atoms with Crippen molar-refractivity contribution in [2.75, 3.05) is 56.1 Å². The van der Waals surface area contributed by atoms with Crippen LogP contribution in [-0.2, 0) is 17.7 Å². The normalized spacial score (nSPS) is 19.1. The van der Waals surface area contributed by atoms with Crippen LogP contribution in [0.25, 0.3) is 0 Å². The summed E-state index contributed by atoms with van der Waals surface area (Å²) < 4.78 is 40.2. The minimum Gasteiger partial charge on any atom is -0.497 e. The number of hydrogen-bond acceptors (Lipinski definition) is 7. The van der Waals surface area contributed by atoms with Gasteiger partial charge in [-0.3, -0.25) is 14.2 Å². The highest BCUT2D eigenvalue weighted by molar-refractivity contribution is 7.80. The molecule has 1 fully saturated rings. The molecule has 3 N–H and O–H groups in total. The SMILES string of the molecule is COc1cccc(N2CCN(CC(O)COc3cc(NS(=O)O)cc4c3OC(C)(C)C4)CC2)c1. The summed E-state index contributed by atoms with van der Waals surface area (Å²) in [6.45, 7) is 7.96. The Kier molecular flexibility index (Phi) is 7.51. The lowest BCUT2D eigenvalue weighted by Gasteiger charge is -2.37. The van der Waals surface area contributed by atoms with Crippen LogP contribution in [0.15, 0.2) is 36.4 Å². The molecule has 2 aromatic carbocycles. The number of ether oxygens (including phenoxy) is 3. The number of piperazine rings is 1. The first-order chi connectivity index (χ1) is 16.2. The molecule has 4 rings (SSSR count). The first kappa shape index (κ1) is 24.6. The molecular weight excluding hydrogens is 458 g/mol. The third-order valence-electron chi connectivity index (χ3n) is 6.02. The Hall–Kier alpha value is -2.53. The molecule has 0 aliphatic carbocycles. The maximum atomic E-state index is 11.2. The standard InChI is InChI=1S/C24H33N3O6S/c1-24(2)14-17-11-18(25-34(29)30)12-22(23(17)33-24)32-16-20(28)15-26-7-9-27(10-8-26)19-5-4-6-21(13-19)31-3/h4-6,11-13,20,25,28H,7-10,14-16H2,1-3H3,(H,29,30). The van der Waals surface area contributed by atoms with E-state index in [0.717, 1.165) is 43.2 Å². The second-order valence-electron chi connectivity index (χ2n) is 9.31. The van der Waals surface area contributed by atoms with Gasteiger partial charge in [-0.15, -0.1) is 0 Å². The van der Waals surface area contributed by atoms with Gasteiger partial charge in [0, 0.05) is 62.5 Å². The van der Waals surface area contributed by atoms with E-state index in [9.17, 15) is 13.9 Å². The highest BCUT2D eigenvalue weighted by Gasteiger charge is 2.33. The van der Waals surface area contributed by atoms with Crippen LogP contribution in [0.3, 0.4) is 0 Å². The summed E-state index contributed by atoms with van der Waals surface area (Å²) >= 11 is -2.19. The van der Waals surface area contributed by atoms with E-state index in [1.54, 1.807) is 19.2 Å². The Labute approximate surface area is 203 Å². The van der Waals surface area contributed by atoms with E-state index in [1.165, 1.54) is 0 Å². The fraction of sp³-hybridized carbons (Fsp3) is 0.500. The molecule has 2 unspecified atom stereocenters. The van der Waals surface area contributed by atoms with Crippen LogP contribution >= 0.6 is 0 Å². The largest absolute Gasteiger partial charge is 0.497 e. The summed E-state index contributed by atoms with van der Waals surface area (Å²) in [5.74, 6) is 1.92. The Balaban J connectivity index is 1.32. The molecule has 0 amide bonds. The van der Waals surface area contributed by atoms with Gasteiger partial charge in [-0.2, -0.15) is 0 Å². The van der Waals surface area contributed by atoms with Crippen molar-refractivity contribution in [3.8, 4) is 17.2 Å². The third-order valence-corrected chi connectivity index (χ3v) is 6.43. The molecule has 10 heteroatoms. The number of rotatable bonds is 9. The first-order valence-corrected chi connectivity index (χ1v) is 12.5. The minimum atomic E-state index is -2.19. The van der Waals surface area contributed by atoms with E-state index < -0.39 is 23.0 Å². The minimum absolute atomic E-state index is 0.0952. The van der Waals surface area contributed by atoms with Crippen LogP contribution in [0.2, 0.25) is 0 Å². The zero-order valence-corrected chi connectivity index (χ0v) is 20.6. The van der Waals surface area contributed by atoms with Gasteiger partial charge in [-0.1, -0.05) is 6.07 Å². The molecule has 186 valence electrons. The summed E-state index contributed by atoms with van der Waals surface area (Å²) in [6.07, 6.45) is -0.0242. The molecule has 0 radical (unpaired) electrons. The second-order valence-corrected chi connectivity index (χ2v) is 10.0. The van der Waals surface area contributed by atoms with Crippen LogP contribution < -0.4 is 23.8 Å². The zero-order chi connectivity index (χ0) is 24.3. The predicted octanol–water partition coefficient (Wildman–Crippen LogP) is 2.52. The topological polar surface area (TPSA) is 104 Å². The molecule has 0 saturated carbocycles. The zero-order valence-electron chi connectivity index (χ0n) is 19.8. The number of benzene rings is 2. The summed E-state index contributed by atoms with van der Waals surface area (Å²) in [5, 5.41) is 10.6. The lowest BCUT2D eigenvalue weighted by Crippen LogP contribution is -2.49. The molecule has 2 aliphatic rings. The maximum absolute atomic E-state index is 11.2. The number of nitrogens with one attached hydrogen (secondary N) is 1. The summed E-state index contributed by atoms with van der Waals surface area (Å²) in [4.78, 5) is 4.54. The molecule has 2 aromatic rings. The van der Waals surface area contributed by atoms with E-state index in [4.69, 9.17) is 14.2 Å². The van der Waals surface area contributed by atoms with Crippen molar-refractivity contribution < 1.29 is 28.1 Å². The van der Waals surface area contributed by atoms with Gasteiger partial charge in [0.15, 0.2) is 11.5 Å². The third kappa shape index (κ3) is 6.12. The van der Waals surface area contributed by atoms with Gasteiger partial charge in [0.05, 0.1) is 12.8 Å². The van der Waals surface area contributed by atoms with Crippen LogP contribution in [0, 0.1) is 0 Å². The van der Waals surface area contributed by atoms with E-state index in [-0.39, 0.29) is 6.61 Å². The van der Waals surface area contributed by atoms with E-state index >= 15 is 0 Å². The van der Waals surface area contributed by atoms with Crippen molar-refractivity contribution >= 4 is 22.6 Å². The first-order valence-electron chi connectivity index (χ1n) is 11.4. The van der Waals surface area contributed by atoms with Gasteiger partial charge in [0.1, 0.15) is 24.1 Å². The number of fused-ring (bicyclic) bond motifs is 1. The van der Waals surface area contributed by atoms with Gasteiger partial charge in [-0.25, -0.2) is 4.21 Å². The highest BCUT2D eigenvalue weighted by atomic mass is 32.2. The summed E-state index contributed by atoms with van der Waals surface area (Å²) in [6, 6.07) is 11.5. The van der Waals surface area contributed by atoms with Crippen LogP contribution in [0.1, 0.15) is 19.4 Å². The lowest BCUT2D eigenvalue weighted by molar-refractivity contribution is 0.0632. The van der Waals surface area contributed by atoms with E-state index in [2.05, 4.69) is 20.6 Å². The van der Waals surface area contributed by atoms with Crippen molar-refractivity contribution in [3.05, 3.63) is 42.0 Å². The smallest absolute Gasteiger partial charge is 0.259 e. The fourth-order valence-corrected chi connectivity index (χ4v) is 4.80. The number of β-amino-alcohol motifs (C(OH)–C–C–N with tert-alkyl or cyclic N) is 1. The van der Waals surface area contributed by atoms with Crippen LogP contribution in [0.4, 0.5) is 11.4 Å². The molecule has 0 bridgehead atoms. The molecule has 9 nitrogen and oxygen atoms in total. The molecule has 2 heterocycles. The second kappa shape index (κ2) is 10.4. The van der Waals surface area contributed by atoms with E-state index in [0.29, 0.717) is 30.2 Å². The Bertz CT molecular complexity index is 1030. The van der Waals surface area contributed by atoms with Crippen LogP contribution in [0.5, 0.6) is 17.2 Å². The number of nitrogens with zero attached hydrogens (tertiary/aromatic N) is 2. The molecule has 0 aromatic heterocycles. The van der Waals surface area contributed by atoms with Crippen molar-refractivity contribution in [2.24, 2.45) is 0 Å². The summed E-state index contributed by atoms with van der Waals surface area (Å²) in [7, 11) is 1.67. The Morgan fingerprint density at radius 1 is 1.21 bits per heavy atom. The number of aliphatic hydroxyl groups is 1. The molecule has 0 spiro atoms. The highest BCUT2D eigenvalue weighted by Crippen LogP contribution is 2.44. The Morgan fingerprint density at radius 3 is 2.68 bits per heavy atom. The quantitative estimate of drug-likeness (QED) is 0.460. The van der Waals surface area contributed by atoms with E-state index in [1.807, 2.05) is 32.0 Å². The van der Waals surface area contributed by atoms with Crippen molar-refractivity contribution in [3.63, 3.8) is 0 Å². The molecule has 2 atom stereocenters. The molecule has 1 saturated heterocycles.